The standard InChI is InChI=1S/C14H32N2/c1-12(2)13(8-9-15)7-6-10-16-11-14(3,4)5/h12-13,16H,6-11,15H2,1-5H3. The Labute approximate surface area is 102 Å². The van der Waals surface area contributed by atoms with Gasteiger partial charge in [0.2, 0.25) is 0 Å². The molecule has 0 amide bonds. The fourth-order valence-electron chi connectivity index (χ4n) is 1.98. The Hall–Kier alpha value is -0.0800. The minimum Gasteiger partial charge on any atom is -0.330 e. The van der Waals surface area contributed by atoms with E-state index in [0.717, 1.165) is 31.5 Å². The van der Waals surface area contributed by atoms with Crippen molar-refractivity contribution in [3.05, 3.63) is 0 Å². The van der Waals surface area contributed by atoms with E-state index in [1.807, 2.05) is 0 Å². The zero-order chi connectivity index (χ0) is 12.6. The second-order valence-corrected chi connectivity index (χ2v) is 6.46. The molecule has 0 saturated heterocycles. The maximum atomic E-state index is 5.64. The Kier molecular flexibility index (Phi) is 8.04. The Morgan fingerprint density at radius 3 is 2.19 bits per heavy atom. The summed E-state index contributed by atoms with van der Waals surface area (Å²) in [6.45, 7) is 14.5. The van der Waals surface area contributed by atoms with Crippen LogP contribution in [0.3, 0.4) is 0 Å². The first-order chi connectivity index (χ1) is 7.37. The third kappa shape index (κ3) is 9.17. The molecule has 0 aliphatic carbocycles. The zero-order valence-electron chi connectivity index (χ0n) is 12.0. The zero-order valence-corrected chi connectivity index (χ0v) is 12.0. The van der Waals surface area contributed by atoms with Gasteiger partial charge in [-0.2, -0.15) is 0 Å². The van der Waals surface area contributed by atoms with Crippen molar-refractivity contribution in [3.8, 4) is 0 Å². The molecular formula is C14H32N2. The molecule has 0 aromatic rings. The summed E-state index contributed by atoms with van der Waals surface area (Å²) in [6, 6.07) is 0. The van der Waals surface area contributed by atoms with Crippen molar-refractivity contribution < 1.29 is 0 Å². The van der Waals surface area contributed by atoms with E-state index < -0.39 is 0 Å². The van der Waals surface area contributed by atoms with E-state index in [2.05, 4.69) is 39.9 Å². The highest BCUT2D eigenvalue weighted by Crippen LogP contribution is 2.20. The number of hydrogen-bond donors (Lipinski definition) is 2. The first-order valence-electron chi connectivity index (χ1n) is 6.77. The molecular weight excluding hydrogens is 196 g/mol. The van der Waals surface area contributed by atoms with Gasteiger partial charge in [0.1, 0.15) is 0 Å². The maximum absolute atomic E-state index is 5.64. The summed E-state index contributed by atoms with van der Waals surface area (Å²) in [5.41, 5.74) is 6.04. The van der Waals surface area contributed by atoms with Crippen molar-refractivity contribution >= 4 is 0 Å². The molecule has 0 rings (SSSR count). The summed E-state index contributed by atoms with van der Waals surface area (Å²) in [5.74, 6) is 1.58. The van der Waals surface area contributed by atoms with Gasteiger partial charge >= 0.3 is 0 Å². The molecule has 1 atom stereocenters. The summed E-state index contributed by atoms with van der Waals surface area (Å²) < 4.78 is 0. The number of rotatable bonds is 8. The fourth-order valence-corrected chi connectivity index (χ4v) is 1.98. The Morgan fingerprint density at radius 1 is 1.12 bits per heavy atom. The van der Waals surface area contributed by atoms with Crippen LogP contribution in [0.5, 0.6) is 0 Å². The number of nitrogens with one attached hydrogen (secondary N) is 1. The van der Waals surface area contributed by atoms with Crippen LogP contribution in [0.15, 0.2) is 0 Å². The molecule has 98 valence electrons. The summed E-state index contributed by atoms with van der Waals surface area (Å²) >= 11 is 0. The van der Waals surface area contributed by atoms with E-state index in [9.17, 15) is 0 Å². The van der Waals surface area contributed by atoms with Crippen LogP contribution < -0.4 is 11.1 Å². The topological polar surface area (TPSA) is 38.0 Å². The number of hydrogen-bond acceptors (Lipinski definition) is 2. The van der Waals surface area contributed by atoms with Gasteiger partial charge in [0.15, 0.2) is 0 Å². The second-order valence-electron chi connectivity index (χ2n) is 6.46. The van der Waals surface area contributed by atoms with Crippen molar-refractivity contribution in [2.24, 2.45) is 23.0 Å². The van der Waals surface area contributed by atoms with E-state index >= 15 is 0 Å². The highest BCUT2D eigenvalue weighted by Gasteiger charge is 2.12. The average Bonchev–Trinajstić information content (AvgIpc) is 2.13. The van der Waals surface area contributed by atoms with Crippen molar-refractivity contribution in [1.82, 2.24) is 5.32 Å². The lowest BCUT2D eigenvalue weighted by Gasteiger charge is -2.21. The molecule has 0 fully saturated rings. The molecule has 2 heteroatoms. The Morgan fingerprint density at radius 2 is 1.75 bits per heavy atom. The largest absolute Gasteiger partial charge is 0.330 e. The lowest BCUT2D eigenvalue weighted by Crippen LogP contribution is -2.28. The molecule has 0 bridgehead atoms. The van der Waals surface area contributed by atoms with Gasteiger partial charge in [-0.05, 0) is 56.1 Å². The van der Waals surface area contributed by atoms with E-state index in [1.54, 1.807) is 0 Å². The molecule has 2 nitrogen and oxygen atoms in total. The summed E-state index contributed by atoms with van der Waals surface area (Å²) in [4.78, 5) is 0. The molecule has 0 saturated carbocycles. The van der Waals surface area contributed by atoms with Gasteiger partial charge in [-0.15, -0.1) is 0 Å². The molecule has 0 heterocycles. The van der Waals surface area contributed by atoms with Crippen LogP contribution in [-0.4, -0.2) is 19.6 Å². The minimum absolute atomic E-state index is 0.398. The van der Waals surface area contributed by atoms with E-state index in [1.165, 1.54) is 19.3 Å². The monoisotopic (exact) mass is 228 g/mol. The van der Waals surface area contributed by atoms with Gasteiger partial charge in [0, 0.05) is 0 Å². The van der Waals surface area contributed by atoms with Crippen LogP contribution in [0.4, 0.5) is 0 Å². The fraction of sp³-hybridized carbons (Fsp3) is 1.00. The van der Waals surface area contributed by atoms with Crippen LogP contribution in [0.2, 0.25) is 0 Å². The summed E-state index contributed by atoms with van der Waals surface area (Å²) in [7, 11) is 0. The lowest BCUT2D eigenvalue weighted by molar-refractivity contribution is 0.322. The lowest BCUT2D eigenvalue weighted by atomic mass is 9.88. The smallest absolute Gasteiger partial charge is 0.0000126 e. The van der Waals surface area contributed by atoms with Crippen LogP contribution in [0.1, 0.15) is 53.9 Å². The van der Waals surface area contributed by atoms with Crippen LogP contribution in [-0.2, 0) is 0 Å². The molecule has 0 aromatic carbocycles. The van der Waals surface area contributed by atoms with Crippen molar-refractivity contribution in [1.29, 1.82) is 0 Å². The third-order valence-corrected chi connectivity index (χ3v) is 3.06. The predicted octanol–water partition coefficient (Wildman–Crippen LogP) is 3.02. The van der Waals surface area contributed by atoms with Crippen LogP contribution in [0, 0.1) is 17.3 Å². The minimum atomic E-state index is 0.398. The van der Waals surface area contributed by atoms with Crippen molar-refractivity contribution in [2.75, 3.05) is 19.6 Å². The van der Waals surface area contributed by atoms with Crippen molar-refractivity contribution in [3.63, 3.8) is 0 Å². The van der Waals surface area contributed by atoms with Gasteiger partial charge in [0.25, 0.3) is 0 Å². The quantitative estimate of drug-likeness (QED) is 0.627. The SMILES string of the molecule is CC(C)C(CCN)CCCNCC(C)(C)C. The van der Waals surface area contributed by atoms with Crippen LogP contribution >= 0.6 is 0 Å². The molecule has 0 spiro atoms. The van der Waals surface area contributed by atoms with Crippen molar-refractivity contribution in [2.45, 2.75) is 53.9 Å². The van der Waals surface area contributed by atoms with Crippen LogP contribution in [0.25, 0.3) is 0 Å². The second kappa shape index (κ2) is 8.08. The first kappa shape index (κ1) is 15.9. The highest BCUT2D eigenvalue weighted by molar-refractivity contribution is 4.67. The molecule has 16 heavy (non-hydrogen) atoms. The van der Waals surface area contributed by atoms with Gasteiger partial charge < -0.3 is 11.1 Å². The molecule has 0 aliphatic rings. The Bertz CT molecular complexity index is 159. The molecule has 1 unspecified atom stereocenters. The molecule has 3 N–H and O–H groups in total. The molecule has 0 aromatic heterocycles. The predicted molar refractivity (Wildman–Crippen MR) is 73.6 cm³/mol. The maximum Gasteiger partial charge on any atom is -0.0000126 e. The first-order valence-corrected chi connectivity index (χ1v) is 6.77. The summed E-state index contributed by atoms with van der Waals surface area (Å²) in [5, 5.41) is 3.53. The third-order valence-electron chi connectivity index (χ3n) is 3.06. The normalized spacial score (nSPS) is 14.4. The van der Waals surface area contributed by atoms with Gasteiger partial charge in [-0.3, -0.25) is 0 Å². The Balaban J connectivity index is 3.55. The molecule has 0 aliphatic heterocycles. The average molecular weight is 228 g/mol. The molecule has 0 radical (unpaired) electrons. The van der Waals surface area contributed by atoms with E-state index in [4.69, 9.17) is 5.73 Å². The van der Waals surface area contributed by atoms with E-state index in [0.29, 0.717) is 5.41 Å². The highest BCUT2D eigenvalue weighted by atomic mass is 14.9. The number of nitrogens with two attached hydrogens (primary N) is 1. The van der Waals surface area contributed by atoms with Gasteiger partial charge in [-0.25, -0.2) is 0 Å². The van der Waals surface area contributed by atoms with Gasteiger partial charge in [0.05, 0.1) is 0 Å². The summed E-state index contributed by atoms with van der Waals surface area (Å²) in [6.07, 6.45) is 3.77. The van der Waals surface area contributed by atoms with Gasteiger partial charge in [-0.1, -0.05) is 34.6 Å². The van der Waals surface area contributed by atoms with E-state index in [-0.39, 0.29) is 0 Å².